The van der Waals surface area contributed by atoms with E-state index >= 15 is 0 Å². The molecule has 5 aromatic rings. The second kappa shape index (κ2) is 12.4. The van der Waals surface area contributed by atoms with Gasteiger partial charge in [-0.2, -0.15) is 4.68 Å². The van der Waals surface area contributed by atoms with Crippen LogP contribution in [-0.4, -0.2) is 58.7 Å². The standard InChI is InChI=1S/C31H28ClN9O3/c32-21-9-12-27(41-18-35-38-39-41)20(15-21)8-13-28(42)40-14-4-7-23(19-5-2-1-3-6-19)29(40)30-34-17-26(37-30)24-11-10-22(16-25(24)33)36-31(43)44/h1-3,5-6,8-13,15-18,23,29,36H,4,7,14,33H2,(H,34,37)(H,43,44). The maximum Gasteiger partial charge on any atom is 0.409 e. The van der Waals surface area contributed by atoms with Crippen LogP contribution in [0.2, 0.25) is 5.02 Å². The molecular weight excluding hydrogens is 582 g/mol. The van der Waals surface area contributed by atoms with Crippen LogP contribution in [0.15, 0.2) is 85.3 Å². The van der Waals surface area contributed by atoms with Gasteiger partial charge in [0.05, 0.1) is 23.6 Å². The monoisotopic (exact) mass is 609 g/mol. The molecule has 12 nitrogen and oxygen atoms in total. The van der Waals surface area contributed by atoms with Crippen molar-refractivity contribution >= 4 is 41.1 Å². The Labute approximate surface area is 257 Å². The Morgan fingerprint density at radius 1 is 1.11 bits per heavy atom. The van der Waals surface area contributed by atoms with Gasteiger partial charge in [0.1, 0.15) is 12.2 Å². The first-order chi connectivity index (χ1) is 21.4. The third-order valence-corrected chi connectivity index (χ3v) is 7.84. The van der Waals surface area contributed by atoms with Crippen molar-refractivity contribution in [3.05, 3.63) is 107 Å². The van der Waals surface area contributed by atoms with Gasteiger partial charge in [-0.1, -0.05) is 41.9 Å². The minimum Gasteiger partial charge on any atom is -0.465 e. The van der Waals surface area contributed by atoms with Crippen LogP contribution in [0.25, 0.3) is 23.0 Å². The molecule has 0 saturated carbocycles. The number of piperidine rings is 1. The Kier molecular flexibility index (Phi) is 8.06. The molecule has 2 unspecified atom stereocenters. The highest BCUT2D eigenvalue weighted by Gasteiger charge is 2.37. The van der Waals surface area contributed by atoms with Crippen molar-refractivity contribution in [1.29, 1.82) is 0 Å². The molecule has 1 aliphatic rings. The fraction of sp³-hybridized carbons (Fsp3) is 0.161. The maximum atomic E-state index is 13.9. The van der Waals surface area contributed by atoms with Gasteiger partial charge >= 0.3 is 6.09 Å². The quantitative estimate of drug-likeness (QED) is 0.138. The van der Waals surface area contributed by atoms with Gasteiger partial charge in [0, 0.05) is 46.1 Å². The lowest BCUT2D eigenvalue weighted by Crippen LogP contribution is -2.41. The molecule has 2 amide bonds. The number of nitrogens with zero attached hydrogens (tertiary/aromatic N) is 6. The number of carboxylic acid groups (broad SMARTS) is 1. The number of nitrogens with one attached hydrogen (secondary N) is 2. The minimum atomic E-state index is -1.17. The van der Waals surface area contributed by atoms with E-state index in [1.54, 1.807) is 48.7 Å². The predicted octanol–water partition coefficient (Wildman–Crippen LogP) is 5.54. The van der Waals surface area contributed by atoms with Gasteiger partial charge in [-0.3, -0.25) is 10.1 Å². The van der Waals surface area contributed by atoms with Gasteiger partial charge in [0.2, 0.25) is 5.91 Å². The first kappa shape index (κ1) is 28.6. The number of rotatable bonds is 7. The Hall–Kier alpha value is -5.49. The van der Waals surface area contributed by atoms with Crippen LogP contribution in [0.4, 0.5) is 16.2 Å². The molecule has 3 aromatic carbocycles. The lowest BCUT2D eigenvalue weighted by molar-refractivity contribution is -0.130. The summed E-state index contributed by atoms with van der Waals surface area (Å²) in [5, 5.41) is 23.2. The molecule has 0 spiro atoms. The van der Waals surface area contributed by atoms with E-state index in [-0.39, 0.29) is 17.9 Å². The Bertz CT molecular complexity index is 1820. The smallest absolute Gasteiger partial charge is 0.409 e. The first-order valence-corrected chi connectivity index (χ1v) is 14.3. The zero-order chi connectivity index (χ0) is 30.6. The number of hydrogen-bond donors (Lipinski definition) is 4. The number of likely N-dealkylation sites (tertiary alicyclic amines) is 1. The molecule has 2 aromatic heterocycles. The molecule has 1 saturated heterocycles. The number of anilines is 2. The van der Waals surface area contributed by atoms with Crippen LogP contribution in [0.1, 0.15) is 41.8 Å². The average Bonchev–Trinajstić information content (AvgIpc) is 3.73. The fourth-order valence-corrected chi connectivity index (χ4v) is 5.84. The number of benzene rings is 3. The number of hydrogen-bond acceptors (Lipinski definition) is 7. The lowest BCUT2D eigenvalue weighted by Gasteiger charge is -2.40. The van der Waals surface area contributed by atoms with Crippen molar-refractivity contribution in [2.75, 3.05) is 17.6 Å². The Balaban J connectivity index is 1.34. The summed E-state index contributed by atoms with van der Waals surface area (Å²) in [6, 6.07) is 19.9. The van der Waals surface area contributed by atoms with Crippen molar-refractivity contribution in [1.82, 2.24) is 35.1 Å². The second-order valence-corrected chi connectivity index (χ2v) is 10.8. The molecule has 222 valence electrons. The van der Waals surface area contributed by atoms with Gasteiger partial charge in [0.25, 0.3) is 0 Å². The van der Waals surface area contributed by atoms with Crippen molar-refractivity contribution in [2.45, 2.75) is 24.8 Å². The molecule has 0 aliphatic carbocycles. The van der Waals surface area contributed by atoms with E-state index in [1.165, 1.54) is 17.1 Å². The summed E-state index contributed by atoms with van der Waals surface area (Å²) in [6.07, 6.45) is 6.93. The SMILES string of the molecule is Nc1cc(NC(=O)O)ccc1-c1cnc(C2C(c3ccccc3)CCCN2C(=O)C=Cc2cc(Cl)ccc2-n2cnnn2)[nH]1. The molecule has 13 heteroatoms. The van der Waals surface area contributed by atoms with Gasteiger partial charge in [-0.05, 0) is 71.3 Å². The van der Waals surface area contributed by atoms with E-state index < -0.39 is 6.09 Å². The maximum absolute atomic E-state index is 13.9. The summed E-state index contributed by atoms with van der Waals surface area (Å²) in [5.41, 5.74) is 10.8. The van der Waals surface area contributed by atoms with E-state index in [9.17, 15) is 9.59 Å². The molecule has 3 heterocycles. The molecule has 6 rings (SSSR count). The van der Waals surface area contributed by atoms with Crippen LogP contribution < -0.4 is 11.1 Å². The minimum absolute atomic E-state index is 0.0104. The van der Waals surface area contributed by atoms with Crippen molar-refractivity contribution in [2.24, 2.45) is 0 Å². The topological polar surface area (TPSA) is 168 Å². The van der Waals surface area contributed by atoms with Crippen molar-refractivity contribution < 1.29 is 14.7 Å². The van der Waals surface area contributed by atoms with Crippen molar-refractivity contribution in [3.8, 4) is 16.9 Å². The second-order valence-electron chi connectivity index (χ2n) is 10.3. The third kappa shape index (κ3) is 6.01. The summed E-state index contributed by atoms with van der Waals surface area (Å²) in [6.45, 7) is 0.542. The molecule has 44 heavy (non-hydrogen) atoms. The molecule has 1 fully saturated rings. The normalized spacial score (nSPS) is 16.7. The fourth-order valence-electron chi connectivity index (χ4n) is 5.66. The highest BCUT2D eigenvalue weighted by atomic mass is 35.5. The molecule has 0 bridgehead atoms. The first-order valence-electron chi connectivity index (χ1n) is 13.9. The summed E-state index contributed by atoms with van der Waals surface area (Å²) in [4.78, 5) is 34.9. The molecule has 2 atom stereocenters. The largest absolute Gasteiger partial charge is 0.465 e. The Morgan fingerprint density at radius 3 is 2.70 bits per heavy atom. The molecule has 0 radical (unpaired) electrons. The summed E-state index contributed by atoms with van der Waals surface area (Å²) >= 11 is 6.29. The lowest BCUT2D eigenvalue weighted by atomic mass is 9.83. The van der Waals surface area contributed by atoms with E-state index in [4.69, 9.17) is 27.4 Å². The number of carbonyl (C=O) groups is 2. The zero-order valence-corrected chi connectivity index (χ0v) is 24.1. The van der Waals surface area contributed by atoms with Gasteiger partial charge in [-0.25, -0.2) is 9.78 Å². The number of imidazole rings is 1. The van der Waals surface area contributed by atoms with Crippen LogP contribution in [0.3, 0.4) is 0 Å². The van der Waals surface area contributed by atoms with E-state index in [2.05, 4.69) is 38.0 Å². The van der Waals surface area contributed by atoms with Gasteiger partial charge in [-0.15, -0.1) is 5.10 Å². The van der Waals surface area contributed by atoms with Crippen LogP contribution in [0, 0.1) is 0 Å². The van der Waals surface area contributed by atoms with Gasteiger partial charge < -0.3 is 20.7 Å². The number of amides is 2. The number of tetrazole rings is 1. The number of H-pyrrole nitrogens is 1. The third-order valence-electron chi connectivity index (χ3n) is 7.60. The number of carbonyl (C=O) groups excluding carboxylic acids is 1. The molecule has 1 aliphatic heterocycles. The summed E-state index contributed by atoms with van der Waals surface area (Å²) in [5.74, 6) is 0.433. The molecule has 5 N–H and O–H groups in total. The zero-order valence-electron chi connectivity index (χ0n) is 23.3. The van der Waals surface area contributed by atoms with E-state index in [0.29, 0.717) is 51.3 Å². The number of aromatic nitrogens is 6. The number of nitrogen functional groups attached to an aromatic ring is 1. The van der Waals surface area contributed by atoms with E-state index in [0.717, 1.165) is 18.4 Å². The number of nitrogens with two attached hydrogens (primary N) is 1. The summed E-state index contributed by atoms with van der Waals surface area (Å²) in [7, 11) is 0. The highest BCUT2D eigenvalue weighted by molar-refractivity contribution is 6.30. The van der Waals surface area contributed by atoms with Gasteiger partial charge in [0.15, 0.2) is 0 Å². The Morgan fingerprint density at radius 2 is 1.95 bits per heavy atom. The predicted molar refractivity (Wildman–Crippen MR) is 166 cm³/mol. The van der Waals surface area contributed by atoms with Crippen LogP contribution in [-0.2, 0) is 4.79 Å². The molecular formula is C31H28ClN9O3. The van der Waals surface area contributed by atoms with Crippen LogP contribution in [0.5, 0.6) is 0 Å². The van der Waals surface area contributed by atoms with Crippen molar-refractivity contribution in [3.63, 3.8) is 0 Å². The van der Waals surface area contributed by atoms with Crippen LogP contribution >= 0.6 is 11.6 Å². The van der Waals surface area contributed by atoms with E-state index in [1.807, 2.05) is 23.1 Å². The highest BCUT2D eigenvalue weighted by Crippen LogP contribution is 2.42. The number of aromatic amines is 1. The average molecular weight is 610 g/mol. The summed E-state index contributed by atoms with van der Waals surface area (Å²) < 4.78 is 1.51. The number of halogens is 1.